The smallest absolute Gasteiger partial charge is 0.323 e. The first-order valence-corrected chi connectivity index (χ1v) is 5.99. The first-order chi connectivity index (χ1) is 8.49. The summed E-state index contributed by atoms with van der Waals surface area (Å²) in [6.07, 6.45) is -1.19. The molecule has 0 amide bonds. The molecule has 106 valence electrons. The van der Waals surface area contributed by atoms with Gasteiger partial charge in [-0.05, 0) is 13.8 Å². The van der Waals surface area contributed by atoms with Crippen LogP contribution >= 0.6 is 0 Å². The van der Waals surface area contributed by atoms with Gasteiger partial charge in [0.15, 0.2) is 5.92 Å². The minimum absolute atomic E-state index is 0.139. The van der Waals surface area contributed by atoms with Crippen LogP contribution in [0.2, 0.25) is 0 Å². The monoisotopic (exact) mass is 262 g/mol. The molecule has 0 fully saturated rings. The van der Waals surface area contributed by atoms with Gasteiger partial charge in [-0.1, -0.05) is 6.92 Å². The van der Waals surface area contributed by atoms with Gasteiger partial charge in [-0.3, -0.25) is 9.59 Å². The van der Waals surface area contributed by atoms with Crippen LogP contribution in [0.25, 0.3) is 0 Å². The number of hydrogen-bond acceptors (Lipinski definition) is 6. The zero-order valence-electron chi connectivity index (χ0n) is 11.3. The minimum atomic E-state index is -1.32. The third-order valence-corrected chi connectivity index (χ3v) is 2.44. The molecule has 6 nitrogen and oxygen atoms in total. The van der Waals surface area contributed by atoms with E-state index in [1.807, 2.05) is 0 Å². The maximum atomic E-state index is 11.7. The van der Waals surface area contributed by atoms with Crippen molar-refractivity contribution in [3.63, 3.8) is 0 Å². The van der Waals surface area contributed by atoms with Gasteiger partial charge in [0.05, 0.1) is 25.9 Å². The molecule has 0 aromatic rings. The number of carbonyl (C=O) groups excluding carboxylic acids is 2. The lowest BCUT2D eigenvalue weighted by molar-refractivity contribution is -0.169. The summed E-state index contributed by atoms with van der Waals surface area (Å²) in [4.78, 5) is 23.4. The largest absolute Gasteiger partial charge is 0.465 e. The molecule has 2 atom stereocenters. The van der Waals surface area contributed by atoms with Crippen molar-refractivity contribution in [2.24, 2.45) is 11.8 Å². The molecule has 0 aromatic heterocycles. The second-order valence-corrected chi connectivity index (χ2v) is 3.90. The molecular formula is C12H22O6. The maximum absolute atomic E-state index is 11.7. The van der Waals surface area contributed by atoms with Gasteiger partial charge in [0.25, 0.3) is 0 Å². The molecule has 0 aliphatic carbocycles. The van der Waals surface area contributed by atoms with Gasteiger partial charge >= 0.3 is 11.9 Å². The van der Waals surface area contributed by atoms with Gasteiger partial charge in [0.2, 0.25) is 0 Å². The van der Waals surface area contributed by atoms with Crippen molar-refractivity contribution in [1.29, 1.82) is 0 Å². The molecule has 0 heterocycles. The number of ether oxygens (including phenoxy) is 3. The van der Waals surface area contributed by atoms with Crippen molar-refractivity contribution in [3.8, 4) is 0 Å². The number of methoxy groups -OCH3 is 1. The van der Waals surface area contributed by atoms with E-state index < -0.39 is 24.0 Å². The lowest BCUT2D eigenvalue weighted by Gasteiger charge is -2.24. The predicted octanol–water partition coefficient (Wildman–Crippen LogP) is 0.372. The Labute approximate surface area is 107 Å². The molecule has 18 heavy (non-hydrogen) atoms. The normalized spacial score (nSPS) is 14.1. The van der Waals surface area contributed by atoms with Gasteiger partial charge in [-0.2, -0.15) is 0 Å². The van der Waals surface area contributed by atoms with E-state index in [2.05, 4.69) is 0 Å². The second-order valence-electron chi connectivity index (χ2n) is 3.90. The molecule has 0 radical (unpaired) electrons. The molecule has 0 saturated carbocycles. The van der Waals surface area contributed by atoms with Crippen LogP contribution in [0.3, 0.4) is 0 Å². The lowest BCUT2D eigenvalue weighted by atomic mass is 9.92. The molecule has 0 saturated heterocycles. The van der Waals surface area contributed by atoms with Crippen LogP contribution in [0.15, 0.2) is 0 Å². The zero-order valence-corrected chi connectivity index (χ0v) is 11.3. The Hall–Kier alpha value is -1.14. The standard InChI is InChI=1S/C12H22O6/c1-5-17-11(14)9(12(15)18-6-2)10(13)8(3)7-16-4/h8-10,13H,5-7H2,1-4H3. The number of esters is 2. The van der Waals surface area contributed by atoms with Crippen LogP contribution < -0.4 is 0 Å². The summed E-state index contributed by atoms with van der Waals surface area (Å²) in [6, 6.07) is 0. The quantitative estimate of drug-likeness (QED) is 0.503. The number of hydrogen-bond donors (Lipinski definition) is 1. The summed E-state index contributed by atoms with van der Waals surface area (Å²) in [5, 5.41) is 10.0. The summed E-state index contributed by atoms with van der Waals surface area (Å²) < 4.78 is 14.5. The number of rotatable bonds is 8. The van der Waals surface area contributed by atoms with E-state index in [-0.39, 0.29) is 25.7 Å². The van der Waals surface area contributed by atoms with Crippen molar-refractivity contribution in [3.05, 3.63) is 0 Å². The van der Waals surface area contributed by atoms with E-state index >= 15 is 0 Å². The van der Waals surface area contributed by atoms with Crippen LogP contribution in [0.1, 0.15) is 20.8 Å². The number of aliphatic hydroxyl groups excluding tert-OH is 1. The SMILES string of the molecule is CCOC(=O)C(C(=O)OCC)C(O)C(C)COC. The van der Waals surface area contributed by atoms with Gasteiger partial charge in [-0.25, -0.2) is 0 Å². The highest BCUT2D eigenvalue weighted by atomic mass is 16.6. The van der Waals surface area contributed by atoms with E-state index in [0.717, 1.165) is 0 Å². The average molecular weight is 262 g/mol. The molecule has 0 aromatic carbocycles. The van der Waals surface area contributed by atoms with Gasteiger partial charge in [-0.15, -0.1) is 0 Å². The highest BCUT2D eigenvalue weighted by molar-refractivity contribution is 5.95. The Morgan fingerprint density at radius 2 is 1.56 bits per heavy atom. The van der Waals surface area contributed by atoms with Crippen LogP contribution in [-0.2, 0) is 23.8 Å². The van der Waals surface area contributed by atoms with Crippen molar-refractivity contribution in [2.75, 3.05) is 26.9 Å². The van der Waals surface area contributed by atoms with Crippen molar-refractivity contribution in [2.45, 2.75) is 26.9 Å². The van der Waals surface area contributed by atoms with E-state index in [4.69, 9.17) is 14.2 Å². The summed E-state index contributed by atoms with van der Waals surface area (Å²) in [7, 11) is 1.48. The Bertz CT molecular complexity index is 247. The first kappa shape index (κ1) is 16.9. The van der Waals surface area contributed by atoms with E-state index in [0.29, 0.717) is 0 Å². The highest BCUT2D eigenvalue weighted by Crippen LogP contribution is 2.17. The van der Waals surface area contributed by atoms with Gasteiger partial charge in [0, 0.05) is 13.0 Å². The summed E-state index contributed by atoms with van der Waals surface area (Å²) in [6.45, 7) is 5.45. The molecule has 6 heteroatoms. The predicted molar refractivity (Wildman–Crippen MR) is 63.8 cm³/mol. The van der Waals surface area contributed by atoms with Crippen LogP contribution in [-0.4, -0.2) is 50.1 Å². The molecule has 2 unspecified atom stereocenters. The Kier molecular flexibility index (Phi) is 8.32. The van der Waals surface area contributed by atoms with Crippen LogP contribution in [0, 0.1) is 11.8 Å². The van der Waals surface area contributed by atoms with Crippen molar-refractivity contribution >= 4 is 11.9 Å². The summed E-state index contributed by atoms with van der Waals surface area (Å²) in [5.74, 6) is -3.25. The van der Waals surface area contributed by atoms with Gasteiger partial charge < -0.3 is 19.3 Å². The van der Waals surface area contributed by atoms with E-state index in [1.165, 1.54) is 7.11 Å². The zero-order chi connectivity index (χ0) is 14.1. The molecule has 1 N–H and O–H groups in total. The fourth-order valence-corrected chi connectivity index (χ4v) is 1.53. The number of carbonyl (C=O) groups is 2. The fourth-order valence-electron chi connectivity index (χ4n) is 1.53. The first-order valence-electron chi connectivity index (χ1n) is 5.99. The van der Waals surface area contributed by atoms with E-state index in [1.54, 1.807) is 20.8 Å². The molecule has 0 spiro atoms. The molecule has 0 aliphatic heterocycles. The van der Waals surface area contributed by atoms with Crippen LogP contribution in [0.4, 0.5) is 0 Å². The molecule has 0 bridgehead atoms. The maximum Gasteiger partial charge on any atom is 0.323 e. The number of aliphatic hydroxyl groups is 1. The molecule has 0 aliphatic rings. The Morgan fingerprint density at radius 3 is 1.89 bits per heavy atom. The van der Waals surface area contributed by atoms with Crippen molar-refractivity contribution in [1.82, 2.24) is 0 Å². The summed E-state index contributed by atoms with van der Waals surface area (Å²) >= 11 is 0. The third-order valence-electron chi connectivity index (χ3n) is 2.44. The minimum Gasteiger partial charge on any atom is -0.465 e. The highest BCUT2D eigenvalue weighted by Gasteiger charge is 2.39. The van der Waals surface area contributed by atoms with Crippen LogP contribution in [0.5, 0.6) is 0 Å². The Balaban J connectivity index is 4.84. The van der Waals surface area contributed by atoms with E-state index in [9.17, 15) is 14.7 Å². The average Bonchev–Trinajstić information content (AvgIpc) is 2.30. The summed E-state index contributed by atoms with van der Waals surface area (Å²) in [5.41, 5.74) is 0. The Morgan fingerprint density at radius 1 is 1.11 bits per heavy atom. The molecule has 0 rings (SSSR count). The second kappa shape index (κ2) is 8.88. The third kappa shape index (κ3) is 5.01. The lowest BCUT2D eigenvalue weighted by Crippen LogP contribution is -2.42. The topological polar surface area (TPSA) is 82.1 Å². The van der Waals surface area contributed by atoms with Crippen molar-refractivity contribution < 1.29 is 28.9 Å². The molecular weight excluding hydrogens is 240 g/mol. The fraction of sp³-hybridized carbons (Fsp3) is 0.833. The van der Waals surface area contributed by atoms with Gasteiger partial charge in [0.1, 0.15) is 0 Å².